The summed E-state index contributed by atoms with van der Waals surface area (Å²) < 4.78 is 10.8. The van der Waals surface area contributed by atoms with E-state index >= 15 is 0 Å². The number of rotatable bonds is 6. The zero-order valence-electron chi connectivity index (χ0n) is 12.4. The van der Waals surface area contributed by atoms with Crippen LogP contribution in [0.15, 0.2) is 12.1 Å². The molecular weight excluding hydrogens is 274 g/mol. The standard InChI is InChI=1S/C15H21NO3S/c1-5-12(15(17)18-6-2)19-13-9(3)7-11(14(16)20)8-10(13)4/h7-8,12H,5-6H2,1-4H3,(H2,16,20). The van der Waals surface area contributed by atoms with Crippen molar-refractivity contribution in [2.45, 2.75) is 40.2 Å². The van der Waals surface area contributed by atoms with Crippen LogP contribution in [0.3, 0.4) is 0 Å². The van der Waals surface area contributed by atoms with E-state index in [1.54, 1.807) is 6.92 Å². The van der Waals surface area contributed by atoms with Gasteiger partial charge in [-0.15, -0.1) is 0 Å². The van der Waals surface area contributed by atoms with Crippen molar-refractivity contribution in [2.24, 2.45) is 5.73 Å². The molecule has 5 heteroatoms. The second-order valence-electron chi connectivity index (χ2n) is 4.57. The minimum absolute atomic E-state index is 0.341. The van der Waals surface area contributed by atoms with Gasteiger partial charge in [-0.25, -0.2) is 4.79 Å². The highest BCUT2D eigenvalue weighted by Crippen LogP contribution is 2.26. The first-order chi connectivity index (χ1) is 9.40. The molecule has 2 N–H and O–H groups in total. The summed E-state index contributed by atoms with van der Waals surface area (Å²) in [5.41, 5.74) is 8.23. The molecule has 110 valence electrons. The molecule has 0 aliphatic rings. The molecule has 1 aromatic rings. The Hall–Kier alpha value is -1.62. The minimum Gasteiger partial charge on any atom is -0.478 e. The van der Waals surface area contributed by atoms with E-state index in [9.17, 15) is 4.79 Å². The Morgan fingerprint density at radius 1 is 1.30 bits per heavy atom. The fourth-order valence-corrected chi connectivity index (χ4v) is 2.07. The molecule has 1 rings (SSSR count). The van der Waals surface area contributed by atoms with Gasteiger partial charge in [-0.2, -0.15) is 0 Å². The van der Waals surface area contributed by atoms with Gasteiger partial charge in [0.25, 0.3) is 0 Å². The molecule has 0 aromatic heterocycles. The van der Waals surface area contributed by atoms with E-state index in [-0.39, 0.29) is 5.97 Å². The van der Waals surface area contributed by atoms with Gasteiger partial charge < -0.3 is 15.2 Å². The second kappa shape index (κ2) is 7.24. The fraction of sp³-hybridized carbons (Fsp3) is 0.467. The number of ether oxygens (including phenoxy) is 2. The SMILES string of the molecule is CCOC(=O)C(CC)Oc1c(C)cc(C(N)=S)cc1C. The molecule has 0 spiro atoms. The number of hydrogen-bond donors (Lipinski definition) is 1. The van der Waals surface area contributed by atoms with Gasteiger partial charge >= 0.3 is 5.97 Å². The molecule has 0 saturated carbocycles. The van der Waals surface area contributed by atoms with Crippen molar-refractivity contribution in [1.82, 2.24) is 0 Å². The number of carbonyl (C=O) groups excluding carboxylic acids is 1. The molecule has 0 bridgehead atoms. The Labute approximate surface area is 125 Å². The summed E-state index contributed by atoms with van der Waals surface area (Å²) in [6.45, 7) is 7.81. The van der Waals surface area contributed by atoms with Gasteiger partial charge in [-0.05, 0) is 50.5 Å². The molecule has 0 aliphatic carbocycles. The Bertz CT molecular complexity index is 491. The Kier molecular flexibility index (Phi) is 5.95. The zero-order chi connectivity index (χ0) is 15.3. The smallest absolute Gasteiger partial charge is 0.347 e. The summed E-state index contributed by atoms with van der Waals surface area (Å²) in [4.78, 5) is 12.1. The van der Waals surface area contributed by atoms with E-state index in [2.05, 4.69) is 0 Å². The molecule has 0 saturated heterocycles. The van der Waals surface area contributed by atoms with Crippen molar-refractivity contribution < 1.29 is 14.3 Å². The lowest BCUT2D eigenvalue weighted by atomic mass is 10.1. The molecule has 0 aliphatic heterocycles. The summed E-state index contributed by atoms with van der Waals surface area (Å²) in [6, 6.07) is 3.73. The van der Waals surface area contributed by atoms with E-state index in [0.717, 1.165) is 16.7 Å². The van der Waals surface area contributed by atoms with Crippen molar-refractivity contribution in [2.75, 3.05) is 6.61 Å². The van der Waals surface area contributed by atoms with Crippen molar-refractivity contribution in [3.63, 3.8) is 0 Å². The number of esters is 1. The predicted octanol–water partition coefficient (Wildman–Crippen LogP) is 2.66. The van der Waals surface area contributed by atoms with Crippen LogP contribution in [0.1, 0.15) is 37.0 Å². The van der Waals surface area contributed by atoms with Gasteiger partial charge in [0.2, 0.25) is 0 Å². The van der Waals surface area contributed by atoms with Crippen LogP contribution >= 0.6 is 12.2 Å². The summed E-state index contributed by atoms with van der Waals surface area (Å²) in [5.74, 6) is 0.345. The summed E-state index contributed by atoms with van der Waals surface area (Å²) in [5, 5.41) is 0. The molecule has 0 amide bonds. The number of aryl methyl sites for hydroxylation is 2. The monoisotopic (exact) mass is 295 g/mol. The lowest BCUT2D eigenvalue weighted by Crippen LogP contribution is -2.29. The molecule has 0 radical (unpaired) electrons. The van der Waals surface area contributed by atoms with E-state index in [1.165, 1.54) is 0 Å². The summed E-state index contributed by atoms with van der Waals surface area (Å²) >= 11 is 4.97. The highest BCUT2D eigenvalue weighted by atomic mass is 32.1. The number of nitrogens with two attached hydrogens (primary N) is 1. The molecule has 20 heavy (non-hydrogen) atoms. The third kappa shape index (κ3) is 3.93. The van der Waals surface area contributed by atoms with Crippen molar-refractivity contribution in [3.05, 3.63) is 28.8 Å². The minimum atomic E-state index is -0.594. The second-order valence-corrected chi connectivity index (χ2v) is 5.01. The van der Waals surface area contributed by atoms with Crippen LogP contribution in [0.5, 0.6) is 5.75 Å². The molecular formula is C15H21NO3S. The van der Waals surface area contributed by atoms with Gasteiger partial charge in [0.05, 0.1) is 6.61 Å². The molecule has 0 heterocycles. The van der Waals surface area contributed by atoms with Gasteiger partial charge in [-0.1, -0.05) is 19.1 Å². The maximum atomic E-state index is 11.8. The normalized spacial score (nSPS) is 11.8. The number of carbonyl (C=O) groups is 1. The van der Waals surface area contributed by atoms with E-state index < -0.39 is 6.10 Å². The molecule has 0 fully saturated rings. The first kappa shape index (κ1) is 16.4. The van der Waals surface area contributed by atoms with Crippen LogP contribution in [0, 0.1) is 13.8 Å². The lowest BCUT2D eigenvalue weighted by molar-refractivity contribution is -0.151. The Morgan fingerprint density at radius 3 is 2.25 bits per heavy atom. The summed E-state index contributed by atoms with van der Waals surface area (Å²) in [7, 11) is 0. The molecule has 1 atom stereocenters. The van der Waals surface area contributed by atoms with Crippen molar-refractivity contribution >= 4 is 23.2 Å². The Morgan fingerprint density at radius 2 is 1.85 bits per heavy atom. The van der Waals surface area contributed by atoms with Gasteiger partial charge in [0, 0.05) is 5.56 Å². The highest BCUT2D eigenvalue weighted by molar-refractivity contribution is 7.80. The van der Waals surface area contributed by atoms with Gasteiger partial charge in [0.1, 0.15) is 10.7 Å². The van der Waals surface area contributed by atoms with E-state index in [4.69, 9.17) is 27.4 Å². The molecule has 1 unspecified atom stereocenters. The average Bonchev–Trinajstić information content (AvgIpc) is 2.38. The summed E-state index contributed by atoms with van der Waals surface area (Å²) in [6.07, 6.45) is -0.0441. The number of benzene rings is 1. The van der Waals surface area contributed by atoms with Gasteiger partial charge in [0.15, 0.2) is 6.10 Å². The van der Waals surface area contributed by atoms with Crippen LogP contribution in [-0.2, 0) is 9.53 Å². The molecule has 1 aromatic carbocycles. The van der Waals surface area contributed by atoms with Gasteiger partial charge in [-0.3, -0.25) is 0 Å². The van der Waals surface area contributed by atoms with Crippen LogP contribution < -0.4 is 10.5 Å². The third-order valence-corrected chi connectivity index (χ3v) is 3.16. The Balaban J connectivity index is 3.02. The third-order valence-electron chi connectivity index (χ3n) is 2.93. The quantitative estimate of drug-likeness (QED) is 0.646. The molecule has 4 nitrogen and oxygen atoms in total. The van der Waals surface area contributed by atoms with Crippen LogP contribution in [0.25, 0.3) is 0 Å². The fourth-order valence-electron chi connectivity index (χ4n) is 1.95. The van der Waals surface area contributed by atoms with E-state index in [1.807, 2.05) is 32.9 Å². The first-order valence-corrected chi connectivity index (χ1v) is 7.05. The van der Waals surface area contributed by atoms with Crippen LogP contribution in [-0.4, -0.2) is 23.7 Å². The number of hydrogen-bond acceptors (Lipinski definition) is 4. The first-order valence-electron chi connectivity index (χ1n) is 6.65. The van der Waals surface area contributed by atoms with E-state index in [0.29, 0.717) is 23.8 Å². The zero-order valence-corrected chi connectivity index (χ0v) is 13.2. The van der Waals surface area contributed by atoms with Crippen molar-refractivity contribution in [1.29, 1.82) is 0 Å². The average molecular weight is 295 g/mol. The topological polar surface area (TPSA) is 61.5 Å². The lowest BCUT2D eigenvalue weighted by Gasteiger charge is -2.19. The van der Waals surface area contributed by atoms with Crippen LogP contribution in [0.4, 0.5) is 0 Å². The number of thiocarbonyl (C=S) groups is 1. The van der Waals surface area contributed by atoms with Crippen molar-refractivity contribution in [3.8, 4) is 5.75 Å². The maximum Gasteiger partial charge on any atom is 0.347 e. The highest BCUT2D eigenvalue weighted by Gasteiger charge is 2.21. The largest absolute Gasteiger partial charge is 0.478 e. The maximum absolute atomic E-state index is 11.8. The predicted molar refractivity (Wildman–Crippen MR) is 83.1 cm³/mol. The van der Waals surface area contributed by atoms with Crippen LogP contribution in [0.2, 0.25) is 0 Å².